The molecule has 0 saturated carbocycles. The van der Waals surface area contributed by atoms with Gasteiger partial charge >= 0.3 is 0 Å². The summed E-state index contributed by atoms with van der Waals surface area (Å²) in [6, 6.07) is 8.26. The molecule has 0 radical (unpaired) electrons. The summed E-state index contributed by atoms with van der Waals surface area (Å²) in [5.74, 6) is 0. The molecule has 104 valence electrons. The highest BCUT2D eigenvalue weighted by Crippen LogP contribution is 2.35. The van der Waals surface area contributed by atoms with Gasteiger partial charge in [-0.25, -0.2) is 9.78 Å². The number of aryl methyl sites for hydroxylation is 1. The first-order valence-corrected chi connectivity index (χ1v) is 7.05. The SMILES string of the molecule is CCOOCc1c(Cl)nnc2c1CCc1ccccc1-2. The molecule has 5 heteroatoms. The highest BCUT2D eigenvalue weighted by Gasteiger charge is 2.22. The molecule has 0 aliphatic heterocycles. The zero-order valence-electron chi connectivity index (χ0n) is 11.2. The molecule has 3 rings (SSSR count). The molecular weight excluding hydrogens is 276 g/mol. The Hall–Kier alpha value is -1.49. The van der Waals surface area contributed by atoms with Crippen LogP contribution in [-0.2, 0) is 29.2 Å². The normalized spacial score (nSPS) is 12.9. The number of benzene rings is 1. The molecule has 0 atom stereocenters. The molecule has 20 heavy (non-hydrogen) atoms. The zero-order chi connectivity index (χ0) is 13.9. The van der Waals surface area contributed by atoms with Crippen LogP contribution in [0.3, 0.4) is 0 Å². The van der Waals surface area contributed by atoms with Crippen molar-refractivity contribution in [2.45, 2.75) is 26.4 Å². The highest BCUT2D eigenvalue weighted by atomic mass is 35.5. The Kier molecular flexibility index (Phi) is 3.96. The first-order chi connectivity index (χ1) is 9.81. The molecule has 2 aromatic rings. The van der Waals surface area contributed by atoms with Gasteiger partial charge in [0.05, 0.1) is 12.3 Å². The van der Waals surface area contributed by atoms with Gasteiger partial charge in [-0.15, -0.1) is 10.2 Å². The molecule has 0 bridgehead atoms. The van der Waals surface area contributed by atoms with Crippen molar-refractivity contribution < 1.29 is 9.78 Å². The molecular formula is C15H15ClN2O2. The van der Waals surface area contributed by atoms with Gasteiger partial charge in [-0.1, -0.05) is 35.9 Å². The molecule has 1 heterocycles. The summed E-state index contributed by atoms with van der Waals surface area (Å²) in [5.41, 5.74) is 5.33. The fourth-order valence-corrected chi connectivity index (χ4v) is 2.73. The minimum atomic E-state index is 0.298. The van der Waals surface area contributed by atoms with Crippen LogP contribution in [0.1, 0.15) is 23.6 Å². The number of hydrogen-bond acceptors (Lipinski definition) is 4. The largest absolute Gasteiger partial charge is 0.237 e. The van der Waals surface area contributed by atoms with E-state index < -0.39 is 0 Å². The van der Waals surface area contributed by atoms with Crippen LogP contribution in [0.15, 0.2) is 24.3 Å². The van der Waals surface area contributed by atoms with Crippen LogP contribution < -0.4 is 0 Å². The van der Waals surface area contributed by atoms with Crippen molar-refractivity contribution in [3.63, 3.8) is 0 Å². The lowest BCUT2D eigenvalue weighted by Gasteiger charge is -2.21. The van der Waals surface area contributed by atoms with Crippen molar-refractivity contribution in [1.82, 2.24) is 10.2 Å². The summed E-state index contributed by atoms with van der Waals surface area (Å²) < 4.78 is 0. The van der Waals surface area contributed by atoms with Crippen molar-refractivity contribution in [1.29, 1.82) is 0 Å². The van der Waals surface area contributed by atoms with E-state index in [9.17, 15) is 0 Å². The first kappa shape index (κ1) is 13.5. The molecule has 0 amide bonds. The van der Waals surface area contributed by atoms with Crippen LogP contribution in [0.25, 0.3) is 11.3 Å². The Bertz CT molecular complexity index is 631. The maximum atomic E-state index is 6.16. The second-order valence-electron chi connectivity index (χ2n) is 4.62. The first-order valence-electron chi connectivity index (χ1n) is 6.68. The third-order valence-corrected chi connectivity index (χ3v) is 3.76. The van der Waals surface area contributed by atoms with Gasteiger partial charge in [0.1, 0.15) is 6.61 Å². The van der Waals surface area contributed by atoms with E-state index in [2.05, 4.69) is 22.3 Å². The molecule has 1 aliphatic rings. The topological polar surface area (TPSA) is 44.2 Å². The zero-order valence-corrected chi connectivity index (χ0v) is 12.0. The van der Waals surface area contributed by atoms with Crippen molar-refractivity contribution in [3.05, 3.63) is 46.1 Å². The van der Waals surface area contributed by atoms with Gasteiger partial charge in [0.2, 0.25) is 0 Å². The van der Waals surface area contributed by atoms with Crippen LogP contribution in [-0.4, -0.2) is 16.8 Å². The summed E-state index contributed by atoms with van der Waals surface area (Å²) in [5, 5.41) is 8.71. The van der Waals surface area contributed by atoms with Crippen molar-refractivity contribution >= 4 is 11.6 Å². The number of rotatable bonds is 4. The summed E-state index contributed by atoms with van der Waals surface area (Å²) in [7, 11) is 0. The van der Waals surface area contributed by atoms with E-state index in [1.54, 1.807) is 0 Å². The Balaban J connectivity index is 2.02. The number of fused-ring (bicyclic) bond motifs is 3. The smallest absolute Gasteiger partial charge is 0.157 e. The lowest BCUT2D eigenvalue weighted by Crippen LogP contribution is -2.12. The number of hydrogen-bond donors (Lipinski definition) is 0. The van der Waals surface area contributed by atoms with E-state index in [1.807, 2.05) is 19.1 Å². The standard InChI is InChI=1S/C15H15ClN2O2/c1-2-19-20-9-13-12-8-7-10-5-3-4-6-11(10)14(12)17-18-15(13)16/h3-6H,2,7-9H2,1H3. The predicted molar refractivity (Wildman–Crippen MR) is 76.3 cm³/mol. The Morgan fingerprint density at radius 2 is 2.00 bits per heavy atom. The van der Waals surface area contributed by atoms with Crippen molar-refractivity contribution in [3.8, 4) is 11.3 Å². The second-order valence-corrected chi connectivity index (χ2v) is 4.98. The van der Waals surface area contributed by atoms with E-state index in [-0.39, 0.29) is 0 Å². The molecule has 0 unspecified atom stereocenters. The summed E-state index contributed by atoms with van der Waals surface area (Å²) >= 11 is 6.16. The molecule has 0 spiro atoms. The molecule has 1 aliphatic carbocycles. The summed E-state index contributed by atoms with van der Waals surface area (Å²) in [4.78, 5) is 10.1. The van der Waals surface area contributed by atoms with Crippen molar-refractivity contribution in [2.75, 3.05) is 6.61 Å². The fraction of sp³-hybridized carbons (Fsp3) is 0.333. The third-order valence-electron chi connectivity index (χ3n) is 3.46. The van der Waals surface area contributed by atoms with E-state index in [4.69, 9.17) is 21.4 Å². The van der Waals surface area contributed by atoms with Crippen LogP contribution >= 0.6 is 11.6 Å². The van der Waals surface area contributed by atoms with E-state index in [0.29, 0.717) is 18.4 Å². The van der Waals surface area contributed by atoms with Crippen LogP contribution in [0, 0.1) is 0 Å². The van der Waals surface area contributed by atoms with Crippen LogP contribution in [0.4, 0.5) is 0 Å². The Morgan fingerprint density at radius 1 is 1.15 bits per heavy atom. The van der Waals surface area contributed by atoms with Crippen LogP contribution in [0.2, 0.25) is 5.15 Å². The van der Waals surface area contributed by atoms with E-state index >= 15 is 0 Å². The fourth-order valence-electron chi connectivity index (χ4n) is 2.53. The number of halogens is 1. The number of nitrogens with zero attached hydrogens (tertiary/aromatic N) is 2. The quantitative estimate of drug-likeness (QED) is 0.492. The Labute approximate surface area is 122 Å². The second kappa shape index (κ2) is 5.87. The highest BCUT2D eigenvalue weighted by molar-refractivity contribution is 6.30. The van der Waals surface area contributed by atoms with E-state index in [1.165, 1.54) is 5.56 Å². The monoisotopic (exact) mass is 290 g/mol. The molecule has 0 saturated heterocycles. The maximum absolute atomic E-state index is 6.16. The van der Waals surface area contributed by atoms with Gasteiger partial charge in [-0.05, 0) is 30.9 Å². The minimum absolute atomic E-state index is 0.298. The minimum Gasteiger partial charge on any atom is -0.237 e. The Morgan fingerprint density at radius 3 is 2.85 bits per heavy atom. The maximum Gasteiger partial charge on any atom is 0.157 e. The molecule has 1 aromatic heterocycles. The molecule has 0 fully saturated rings. The molecule has 0 N–H and O–H groups in total. The lowest BCUT2D eigenvalue weighted by molar-refractivity contribution is -0.300. The predicted octanol–water partition coefficient (Wildman–Crippen LogP) is 3.36. The summed E-state index contributed by atoms with van der Waals surface area (Å²) in [6.45, 7) is 2.67. The van der Waals surface area contributed by atoms with Gasteiger partial charge < -0.3 is 0 Å². The average molecular weight is 291 g/mol. The van der Waals surface area contributed by atoms with Crippen LogP contribution in [0.5, 0.6) is 0 Å². The van der Waals surface area contributed by atoms with Gasteiger partial charge in [-0.3, -0.25) is 0 Å². The molecule has 1 aromatic carbocycles. The van der Waals surface area contributed by atoms with Gasteiger partial charge in [0.25, 0.3) is 0 Å². The summed E-state index contributed by atoms with van der Waals surface area (Å²) in [6.07, 6.45) is 1.87. The lowest BCUT2D eigenvalue weighted by atomic mass is 9.87. The van der Waals surface area contributed by atoms with Gasteiger partial charge in [0.15, 0.2) is 5.15 Å². The number of aromatic nitrogens is 2. The molecule has 4 nitrogen and oxygen atoms in total. The van der Waals surface area contributed by atoms with E-state index in [0.717, 1.165) is 35.2 Å². The van der Waals surface area contributed by atoms with Gasteiger partial charge in [-0.2, -0.15) is 0 Å². The third kappa shape index (κ3) is 2.42. The average Bonchev–Trinajstić information content (AvgIpc) is 2.49. The van der Waals surface area contributed by atoms with Gasteiger partial charge in [0, 0.05) is 11.1 Å². The van der Waals surface area contributed by atoms with Crippen molar-refractivity contribution in [2.24, 2.45) is 0 Å².